The average Bonchev–Trinajstić information content (AvgIpc) is 3.34. The molecular weight excluding hydrogens is 528 g/mol. The quantitative estimate of drug-likeness (QED) is 0.312. The molecule has 11 heteroatoms. The van der Waals surface area contributed by atoms with Gasteiger partial charge in [-0.3, -0.25) is 4.72 Å². The molecule has 0 radical (unpaired) electrons. The zero-order valence-electron chi connectivity index (χ0n) is 17.4. The van der Waals surface area contributed by atoms with Gasteiger partial charge in [0.15, 0.2) is 0 Å². The molecule has 1 aromatic carbocycles. The Hall–Kier alpha value is -1.71. The molecule has 0 fully saturated rings. The van der Waals surface area contributed by atoms with Gasteiger partial charge < -0.3 is 9.84 Å². The van der Waals surface area contributed by atoms with E-state index < -0.39 is 11.9 Å². The first-order valence-electron chi connectivity index (χ1n) is 10.1. The highest BCUT2D eigenvalue weighted by atomic mass is 35.5. The third kappa shape index (κ3) is 5.87. The molecule has 33 heavy (non-hydrogen) atoms. The molecule has 0 bridgehead atoms. The first kappa shape index (κ1) is 24.4. The lowest BCUT2D eigenvalue weighted by molar-refractivity contribution is 0.246. The van der Waals surface area contributed by atoms with Crippen molar-refractivity contribution in [2.24, 2.45) is 0 Å². The molecule has 1 aliphatic rings. The fourth-order valence-corrected chi connectivity index (χ4v) is 6.13. The molecule has 0 saturated carbocycles. The number of nitrogens with zero attached hydrogens (tertiary/aromatic N) is 1. The number of nitrogens with one attached hydrogen (secondary N) is 2. The van der Waals surface area contributed by atoms with Crippen molar-refractivity contribution in [3.63, 3.8) is 0 Å². The van der Waals surface area contributed by atoms with Gasteiger partial charge in [0.1, 0.15) is 11.6 Å². The summed E-state index contributed by atoms with van der Waals surface area (Å²) < 4.78 is 24.8. The number of urea groups is 1. The number of hydrogen-bond donors (Lipinski definition) is 2. The van der Waals surface area contributed by atoms with Crippen LogP contribution in [0, 0.1) is 6.92 Å². The fourth-order valence-electron chi connectivity index (χ4n) is 3.54. The van der Waals surface area contributed by atoms with E-state index in [-0.39, 0.29) is 6.54 Å². The Kier molecular flexibility index (Phi) is 7.91. The third-order valence-corrected chi connectivity index (χ3v) is 8.19. The molecule has 1 aliphatic carbocycles. The minimum absolute atomic E-state index is 0.238. The van der Waals surface area contributed by atoms with E-state index in [4.69, 9.17) is 39.3 Å². The number of thiophene rings is 1. The molecule has 0 saturated heterocycles. The van der Waals surface area contributed by atoms with Crippen LogP contribution in [-0.4, -0.2) is 17.7 Å². The molecule has 2 N–H and O–H groups in total. The number of carbonyl (C=O) groups is 1. The first-order valence-corrected chi connectivity index (χ1v) is 12.8. The van der Waals surface area contributed by atoms with Crippen LogP contribution in [0.4, 0.5) is 9.18 Å². The number of hydrogen-bond acceptors (Lipinski definition) is 5. The van der Waals surface area contributed by atoms with Crippen molar-refractivity contribution in [2.75, 3.05) is 6.54 Å². The van der Waals surface area contributed by atoms with Crippen molar-refractivity contribution >= 4 is 69.7 Å². The summed E-state index contributed by atoms with van der Waals surface area (Å²) in [4.78, 5) is 12.1. The Balaban J connectivity index is 1.45. The van der Waals surface area contributed by atoms with E-state index in [1.807, 2.05) is 19.1 Å². The average molecular weight is 547 g/mol. The van der Waals surface area contributed by atoms with Gasteiger partial charge in [-0.05, 0) is 66.6 Å². The molecule has 5 nitrogen and oxygen atoms in total. The lowest BCUT2D eigenvalue weighted by atomic mass is 9.89. The van der Waals surface area contributed by atoms with Crippen LogP contribution in [-0.2, 0) is 12.8 Å². The number of benzene rings is 1. The molecule has 0 spiro atoms. The molecule has 2 aromatic heterocycles. The summed E-state index contributed by atoms with van der Waals surface area (Å²) in [6.45, 7) is 1.65. The predicted molar refractivity (Wildman–Crippen MR) is 133 cm³/mol. The second kappa shape index (κ2) is 10.7. The number of fused-ring (bicyclic) bond motifs is 1. The van der Waals surface area contributed by atoms with Crippen molar-refractivity contribution < 1.29 is 13.7 Å². The van der Waals surface area contributed by atoms with Gasteiger partial charge in [-0.1, -0.05) is 46.0 Å². The van der Waals surface area contributed by atoms with E-state index in [1.165, 1.54) is 11.3 Å². The maximum Gasteiger partial charge on any atom is 0.325 e. The van der Waals surface area contributed by atoms with Crippen LogP contribution < -0.4 is 10.0 Å². The first-order chi connectivity index (χ1) is 15.8. The summed E-state index contributed by atoms with van der Waals surface area (Å²) in [7, 11) is 0. The van der Waals surface area contributed by atoms with Crippen LogP contribution in [0.15, 0.2) is 38.8 Å². The second-order valence-electron chi connectivity index (χ2n) is 7.49. The predicted octanol–water partition coefficient (Wildman–Crippen LogP) is 7.62. The van der Waals surface area contributed by atoms with Gasteiger partial charge in [-0.2, -0.15) is 0 Å². The number of amides is 2. The van der Waals surface area contributed by atoms with Gasteiger partial charge in [-0.25, -0.2) is 9.18 Å². The minimum atomic E-state index is -0.493. The van der Waals surface area contributed by atoms with Gasteiger partial charge in [-0.15, -0.1) is 11.3 Å². The third-order valence-electron chi connectivity index (χ3n) is 5.15. The Morgan fingerprint density at radius 2 is 2.09 bits per heavy atom. The monoisotopic (exact) mass is 545 g/mol. The molecule has 0 aliphatic heterocycles. The van der Waals surface area contributed by atoms with Crippen molar-refractivity contribution in [1.29, 1.82) is 0 Å². The van der Waals surface area contributed by atoms with Gasteiger partial charge in [0, 0.05) is 28.5 Å². The summed E-state index contributed by atoms with van der Waals surface area (Å²) >= 11 is 20.8. The number of aromatic nitrogens is 1. The number of aryl methyl sites for hydroxylation is 2. The molecular formula is C22H19Cl3FN3O2S2. The van der Waals surface area contributed by atoms with Crippen LogP contribution in [0.1, 0.15) is 41.0 Å². The Labute approximate surface area is 213 Å². The van der Waals surface area contributed by atoms with E-state index in [1.54, 1.807) is 12.1 Å². The molecule has 2 heterocycles. The largest absolute Gasteiger partial charge is 0.360 e. The molecule has 3 aromatic rings. The highest BCUT2D eigenvalue weighted by Gasteiger charge is 2.27. The van der Waals surface area contributed by atoms with E-state index in [9.17, 15) is 4.79 Å². The lowest BCUT2D eigenvalue weighted by Gasteiger charge is -2.16. The Bertz CT molecular complexity index is 1210. The van der Waals surface area contributed by atoms with Crippen LogP contribution in [0.2, 0.25) is 14.4 Å². The highest BCUT2D eigenvalue weighted by Crippen LogP contribution is 2.37. The maximum absolute atomic E-state index is 15.2. The lowest BCUT2D eigenvalue weighted by Crippen LogP contribution is -2.32. The van der Waals surface area contributed by atoms with Crippen LogP contribution in [0.25, 0.3) is 5.57 Å². The van der Waals surface area contributed by atoms with Gasteiger partial charge in [0.25, 0.3) is 0 Å². The number of carbonyl (C=O) groups excluding carboxylic acids is 1. The standard InChI is InChI=1S/C22H19Cl3FN3O2S2/c1-11-7-19(32-21(11)25)33-29-22(30)27-10-16(26)14-3-2-4-18-20(14)17(28-31-18)8-12-5-6-13(23)9-15(12)24/h5-7,9H,2-4,8,10H2,1H3,(H2,27,29,30)/b16-14-. The normalized spacial score (nSPS) is 14.7. The van der Waals surface area contributed by atoms with Crippen LogP contribution in [0.3, 0.4) is 0 Å². The van der Waals surface area contributed by atoms with E-state index in [2.05, 4.69) is 15.2 Å². The molecule has 2 amide bonds. The minimum Gasteiger partial charge on any atom is -0.360 e. The molecule has 0 atom stereocenters. The van der Waals surface area contributed by atoms with Gasteiger partial charge >= 0.3 is 6.03 Å². The van der Waals surface area contributed by atoms with E-state index in [0.29, 0.717) is 56.2 Å². The Morgan fingerprint density at radius 3 is 2.82 bits per heavy atom. The van der Waals surface area contributed by atoms with E-state index in [0.717, 1.165) is 33.7 Å². The van der Waals surface area contributed by atoms with Crippen molar-refractivity contribution in [2.45, 2.75) is 36.8 Å². The molecule has 4 rings (SSSR count). The molecule has 174 valence electrons. The maximum atomic E-state index is 15.2. The zero-order chi connectivity index (χ0) is 23.5. The van der Waals surface area contributed by atoms with Crippen molar-refractivity contribution in [3.8, 4) is 0 Å². The summed E-state index contributed by atoms with van der Waals surface area (Å²) in [6.07, 6.45) is 2.35. The van der Waals surface area contributed by atoms with Crippen LogP contribution >= 0.6 is 58.1 Å². The summed E-state index contributed by atoms with van der Waals surface area (Å²) in [5.41, 5.74) is 3.56. The SMILES string of the molecule is Cc1cc(SNC(=O)NC/C(F)=C2\CCCc3onc(Cc4ccc(Cl)cc4Cl)c32)sc1Cl. The number of rotatable bonds is 6. The van der Waals surface area contributed by atoms with Crippen LogP contribution in [0.5, 0.6) is 0 Å². The zero-order valence-corrected chi connectivity index (χ0v) is 21.3. The summed E-state index contributed by atoms with van der Waals surface area (Å²) in [5, 5.41) is 7.79. The van der Waals surface area contributed by atoms with E-state index >= 15 is 4.39 Å². The number of halogens is 4. The van der Waals surface area contributed by atoms with Crippen molar-refractivity contribution in [3.05, 3.63) is 72.6 Å². The second-order valence-corrected chi connectivity index (χ2v) is 11.1. The summed E-state index contributed by atoms with van der Waals surface area (Å²) in [6, 6.07) is 6.62. The number of allylic oxidation sites excluding steroid dienone is 1. The molecule has 0 unspecified atom stereocenters. The van der Waals surface area contributed by atoms with Gasteiger partial charge in [0.2, 0.25) is 0 Å². The summed E-state index contributed by atoms with van der Waals surface area (Å²) in [5.74, 6) is 0.231. The smallest absolute Gasteiger partial charge is 0.325 e. The topological polar surface area (TPSA) is 67.2 Å². The van der Waals surface area contributed by atoms with Crippen molar-refractivity contribution in [1.82, 2.24) is 15.2 Å². The fraction of sp³-hybridized carbons (Fsp3) is 0.273. The highest BCUT2D eigenvalue weighted by molar-refractivity contribution is 7.99. The Morgan fingerprint density at radius 1 is 1.27 bits per heavy atom. The van der Waals surface area contributed by atoms with Gasteiger partial charge in [0.05, 0.1) is 20.8 Å².